The highest BCUT2D eigenvalue weighted by molar-refractivity contribution is 6.01. The standard InChI is InChI=1S/C21H20N2O3/c1-3-11-23-21(24)18(14-22)12-17-9-10-19(20(13-17)25-2)26-15-16-7-5-4-6-8-16/h3-10,12-13H,1,11,15H2,2H3,(H,23,24)/b18-12+. The summed E-state index contributed by atoms with van der Waals surface area (Å²) >= 11 is 0. The van der Waals surface area contributed by atoms with Crippen molar-refractivity contribution in [1.29, 1.82) is 5.26 Å². The second-order valence-electron chi connectivity index (χ2n) is 5.35. The summed E-state index contributed by atoms with van der Waals surface area (Å²) in [6, 6.07) is 16.9. The summed E-state index contributed by atoms with van der Waals surface area (Å²) in [7, 11) is 1.54. The quantitative estimate of drug-likeness (QED) is 0.450. The lowest BCUT2D eigenvalue weighted by molar-refractivity contribution is -0.116. The highest BCUT2D eigenvalue weighted by Crippen LogP contribution is 2.29. The monoisotopic (exact) mass is 348 g/mol. The molecule has 132 valence electrons. The van der Waals surface area contributed by atoms with Gasteiger partial charge in [0.05, 0.1) is 7.11 Å². The molecule has 0 saturated carbocycles. The molecule has 2 rings (SSSR count). The average Bonchev–Trinajstić information content (AvgIpc) is 2.69. The molecule has 0 aliphatic rings. The molecule has 2 aromatic rings. The Kier molecular flexibility index (Phi) is 7.02. The maximum atomic E-state index is 11.9. The molecule has 0 unspecified atom stereocenters. The molecule has 0 spiro atoms. The van der Waals surface area contributed by atoms with E-state index in [1.807, 2.05) is 36.4 Å². The van der Waals surface area contributed by atoms with E-state index < -0.39 is 5.91 Å². The van der Waals surface area contributed by atoms with Gasteiger partial charge in [0.1, 0.15) is 18.2 Å². The van der Waals surface area contributed by atoms with Gasteiger partial charge in [-0.1, -0.05) is 42.5 Å². The number of amides is 1. The minimum atomic E-state index is -0.448. The van der Waals surface area contributed by atoms with Crippen LogP contribution in [0.4, 0.5) is 0 Å². The van der Waals surface area contributed by atoms with Crippen LogP contribution in [-0.2, 0) is 11.4 Å². The predicted octanol–water partition coefficient (Wildman–Crippen LogP) is 3.48. The van der Waals surface area contributed by atoms with Crippen LogP contribution in [-0.4, -0.2) is 19.6 Å². The maximum Gasteiger partial charge on any atom is 0.262 e. The van der Waals surface area contributed by atoms with Crippen molar-refractivity contribution >= 4 is 12.0 Å². The van der Waals surface area contributed by atoms with Crippen molar-refractivity contribution < 1.29 is 14.3 Å². The molecule has 0 atom stereocenters. The van der Waals surface area contributed by atoms with Crippen molar-refractivity contribution in [2.45, 2.75) is 6.61 Å². The van der Waals surface area contributed by atoms with Gasteiger partial charge in [-0.15, -0.1) is 6.58 Å². The number of methoxy groups -OCH3 is 1. The number of hydrogen-bond donors (Lipinski definition) is 1. The van der Waals surface area contributed by atoms with Gasteiger partial charge in [-0.05, 0) is 29.3 Å². The Morgan fingerprint density at radius 2 is 2.00 bits per heavy atom. The van der Waals surface area contributed by atoms with Crippen LogP contribution in [0.25, 0.3) is 6.08 Å². The zero-order valence-electron chi connectivity index (χ0n) is 14.6. The first kappa shape index (κ1) is 18.8. The third-order valence-corrected chi connectivity index (χ3v) is 3.51. The molecule has 0 fully saturated rings. The zero-order chi connectivity index (χ0) is 18.8. The van der Waals surface area contributed by atoms with Crippen molar-refractivity contribution in [3.8, 4) is 17.6 Å². The number of ether oxygens (including phenoxy) is 2. The zero-order valence-corrected chi connectivity index (χ0v) is 14.6. The largest absolute Gasteiger partial charge is 0.493 e. The Balaban J connectivity index is 2.16. The first-order chi connectivity index (χ1) is 12.7. The average molecular weight is 348 g/mol. The lowest BCUT2D eigenvalue weighted by Crippen LogP contribution is -2.24. The van der Waals surface area contributed by atoms with Crippen LogP contribution in [0.2, 0.25) is 0 Å². The van der Waals surface area contributed by atoms with Crippen molar-refractivity contribution in [2.24, 2.45) is 0 Å². The Labute approximate surface area is 153 Å². The molecule has 0 aliphatic heterocycles. The van der Waals surface area contributed by atoms with Crippen molar-refractivity contribution in [3.63, 3.8) is 0 Å². The minimum Gasteiger partial charge on any atom is -0.493 e. The number of nitrogens with zero attached hydrogens (tertiary/aromatic N) is 1. The van der Waals surface area contributed by atoms with Gasteiger partial charge in [-0.25, -0.2) is 0 Å². The molecule has 26 heavy (non-hydrogen) atoms. The number of nitriles is 1. The Bertz CT molecular complexity index is 836. The third-order valence-electron chi connectivity index (χ3n) is 3.51. The topological polar surface area (TPSA) is 71.4 Å². The molecule has 0 aliphatic carbocycles. The fraction of sp³-hybridized carbons (Fsp3) is 0.143. The SMILES string of the molecule is C=CCNC(=O)/C(C#N)=C/c1ccc(OCc2ccccc2)c(OC)c1. The van der Waals surface area contributed by atoms with Crippen molar-refractivity contribution in [2.75, 3.05) is 13.7 Å². The molecular formula is C21H20N2O3. The molecule has 5 heteroatoms. The minimum absolute atomic E-state index is 0.00635. The Hall–Kier alpha value is -3.52. The first-order valence-corrected chi connectivity index (χ1v) is 8.03. The maximum absolute atomic E-state index is 11.9. The molecule has 1 N–H and O–H groups in total. The van der Waals surface area contributed by atoms with Crippen molar-refractivity contribution in [3.05, 3.63) is 77.9 Å². The second kappa shape index (κ2) is 9.70. The van der Waals surface area contributed by atoms with E-state index in [9.17, 15) is 10.1 Å². The molecule has 0 bridgehead atoms. The van der Waals surface area contributed by atoms with E-state index in [2.05, 4.69) is 11.9 Å². The summed E-state index contributed by atoms with van der Waals surface area (Å²) in [5.74, 6) is 0.664. The van der Waals surface area contributed by atoms with Crippen LogP contribution in [0.5, 0.6) is 11.5 Å². The van der Waals surface area contributed by atoms with Crippen molar-refractivity contribution in [1.82, 2.24) is 5.32 Å². The van der Waals surface area contributed by atoms with Crippen LogP contribution >= 0.6 is 0 Å². The van der Waals surface area contributed by atoms with E-state index >= 15 is 0 Å². The molecule has 2 aromatic carbocycles. The molecule has 0 radical (unpaired) electrons. The summed E-state index contributed by atoms with van der Waals surface area (Å²) in [5, 5.41) is 11.8. The van der Waals surface area contributed by atoms with Gasteiger partial charge in [0.2, 0.25) is 0 Å². The third kappa shape index (κ3) is 5.25. The van der Waals surface area contributed by atoms with Crippen LogP contribution in [0, 0.1) is 11.3 Å². The molecule has 0 heterocycles. The molecule has 0 saturated heterocycles. The highest BCUT2D eigenvalue weighted by atomic mass is 16.5. The molecule has 1 amide bonds. The lowest BCUT2D eigenvalue weighted by Gasteiger charge is -2.11. The van der Waals surface area contributed by atoms with Gasteiger partial charge in [-0.2, -0.15) is 5.26 Å². The smallest absolute Gasteiger partial charge is 0.262 e. The van der Waals surface area contributed by atoms with Gasteiger partial charge in [0.15, 0.2) is 11.5 Å². The normalized spacial score (nSPS) is 10.5. The number of carbonyl (C=O) groups is 1. The van der Waals surface area contributed by atoms with Gasteiger partial charge < -0.3 is 14.8 Å². The first-order valence-electron chi connectivity index (χ1n) is 8.03. The second-order valence-corrected chi connectivity index (χ2v) is 5.35. The summed E-state index contributed by atoms with van der Waals surface area (Å²) in [6.07, 6.45) is 3.05. The number of benzene rings is 2. The van der Waals surface area contributed by atoms with E-state index in [0.29, 0.717) is 30.2 Å². The molecular weight excluding hydrogens is 328 g/mol. The van der Waals surface area contributed by atoms with E-state index in [1.165, 1.54) is 6.08 Å². The lowest BCUT2D eigenvalue weighted by atomic mass is 10.1. The van der Waals surface area contributed by atoms with Crippen LogP contribution in [0.1, 0.15) is 11.1 Å². The highest BCUT2D eigenvalue weighted by Gasteiger charge is 2.10. The summed E-state index contributed by atoms with van der Waals surface area (Å²) in [5.41, 5.74) is 1.72. The van der Waals surface area contributed by atoms with Gasteiger partial charge in [0, 0.05) is 6.54 Å². The number of hydrogen-bond acceptors (Lipinski definition) is 4. The number of carbonyl (C=O) groups excluding carboxylic acids is 1. The van der Waals surface area contributed by atoms with Gasteiger partial charge in [-0.3, -0.25) is 4.79 Å². The van der Waals surface area contributed by atoms with Gasteiger partial charge >= 0.3 is 0 Å². The molecule has 0 aromatic heterocycles. The fourth-order valence-electron chi connectivity index (χ4n) is 2.20. The predicted molar refractivity (Wildman–Crippen MR) is 101 cm³/mol. The van der Waals surface area contributed by atoms with Gasteiger partial charge in [0.25, 0.3) is 5.91 Å². The van der Waals surface area contributed by atoms with E-state index in [1.54, 1.807) is 31.4 Å². The van der Waals surface area contributed by atoms with Crippen LogP contribution < -0.4 is 14.8 Å². The Morgan fingerprint density at radius 3 is 2.65 bits per heavy atom. The van der Waals surface area contributed by atoms with Crippen LogP contribution in [0.3, 0.4) is 0 Å². The number of nitrogens with one attached hydrogen (secondary N) is 1. The summed E-state index contributed by atoms with van der Waals surface area (Å²) < 4.78 is 11.2. The Morgan fingerprint density at radius 1 is 1.23 bits per heavy atom. The van der Waals surface area contributed by atoms with Crippen LogP contribution in [0.15, 0.2) is 66.8 Å². The summed E-state index contributed by atoms with van der Waals surface area (Å²) in [4.78, 5) is 11.9. The van der Waals surface area contributed by atoms with E-state index in [-0.39, 0.29) is 5.57 Å². The van der Waals surface area contributed by atoms with E-state index in [0.717, 1.165) is 5.56 Å². The fourth-order valence-corrected chi connectivity index (χ4v) is 2.20. The summed E-state index contributed by atoms with van der Waals surface area (Å²) in [6.45, 7) is 4.24. The molecule has 5 nitrogen and oxygen atoms in total. The van der Waals surface area contributed by atoms with E-state index in [4.69, 9.17) is 9.47 Å². The number of rotatable bonds is 8.